The summed E-state index contributed by atoms with van der Waals surface area (Å²) in [5, 5.41) is 0. The molecule has 3 N–H and O–H groups in total. The van der Waals surface area contributed by atoms with Crippen LogP contribution in [0.5, 0.6) is 11.5 Å². The molecule has 0 amide bonds. The Hall–Kier alpha value is -1.94. The normalized spacial score (nSPS) is 12.0. The highest BCUT2D eigenvalue weighted by Crippen LogP contribution is 2.35. The minimum absolute atomic E-state index is 0.0871. The number of ether oxygens (including phenoxy) is 3. The van der Waals surface area contributed by atoms with Crippen molar-refractivity contribution in [2.24, 2.45) is 0 Å². The quantitative estimate of drug-likeness (QED) is 0.265. The zero-order valence-corrected chi connectivity index (χ0v) is 18.7. The highest BCUT2D eigenvalue weighted by Gasteiger charge is 2.15. The molecule has 0 saturated carbocycles. The van der Waals surface area contributed by atoms with Crippen molar-refractivity contribution in [3.8, 4) is 11.5 Å². The Labute approximate surface area is 176 Å². The third-order valence-corrected chi connectivity index (χ3v) is 5.21. The van der Waals surface area contributed by atoms with Gasteiger partial charge in [0, 0.05) is 0 Å². The van der Waals surface area contributed by atoms with Gasteiger partial charge >= 0.3 is 7.60 Å². The molecule has 9 nitrogen and oxygen atoms in total. The summed E-state index contributed by atoms with van der Waals surface area (Å²) in [5.41, 5.74) is 4.07. The molecule has 2 rings (SSSR count). The predicted molar refractivity (Wildman–Crippen MR) is 112 cm³/mol. The first-order chi connectivity index (χ1) is 13.9. The van der Waals surface area contributed by atoms with Crippen molar-refractivity contribution in [2.45, 2.75) is 20.3 Å². The van der Waals surface area contributed by atoms with E-state index < -0.39 is 24.0 Å². The van der Waals surface area contributed by atoms with Gasteiger partial charge in [0.05, 0.1) is 6.26 Å². The van der Waals surface area contributed by atoms with Gasteiger partial charge in [0.1, 0.15) is 18.2 Å². The molecule has 0 saturated heterocycles. The van der Waals surface area contributed by atoms with E-state index in [0.717, 1.165) is 28.5 Å². The number of sulfonamides is 1. The highest BCUT2D eigenvalue weighted by atomic mass is 32.2. The SMILES string of the molecule is Cc1cc(OCP(=O)(O)O)cc(C)c1Cc1ccc(OCOCNS(C)(=O)=O)cc1. The Morgan fingerprint density at radius 3 is 2.13 bits per heavy atom. The fourth-order valence-electron chi connectivity index (χ4n) is 2.68. The van der Waals surface area contributed by atoms with Crippen LogP contribution in [0.3, 0.4) is 0 Å². The van der Waals surface area contributed by atoms with Crippen LogP contribution in [0.25, 0.3) is 0 Å². The molecule has 0 spiro atoms. The second-order valence-corrected chi connectivity index (χ2v) is 10.2. The maximum Gasteiger partial charge on any atom is 0.362 e. The van der Waals surface area contributed by atoms with Crippen molar-refractivity contribution in [2.75, 3.05) is 26.1 Å². The summed E-state index contributed by atoms with van der Waals surface area (Å²) < 4.78 is 50.7. The van der Waals surface area contributed by atoms with Crippen LogP contribution in [-0.4, -0.2) is 44.3 Å². The standard InChI is InChI=1S/C19H26NO8PS/c1-14-8-18(28-13-29(21,22)23)9-15(2)19(14)10-16-4-6-17(7-5-16)27-12-26-11-20-30(3,24)25/h4-9,20H,10-13H2,1-3H3,(H2,21,22,23). The van der Waals surface area contributed by atoms with Crippen LogP contribution in [-0.2, 0) is 25.7 Å². The Bertz CT molecular complexity index is 979. The summed E-state index contributed by atoms with van der Waals surface area (Å²) in [6, 6.07) is 11.0. The molecular weight excluding hydrogens is 433 g/mol. The van der Waals surface area contributed by atoms with Gasteiger partial charge < -0.3 is 24.0 Å². The Kier molecular flexibility index (Phi) is 8.42. The van der Waals surface area contributed by atoms with Crippen LogP contribution in [0.15, 0.2) is 36.4 Å². The number of hydrogen-bond donors (Lipinski definition) is 3. The summed E-state index contributed by atoms with van der Waals surface area (Å²) in [6.45, 7) is 3.59. The number of hydrogen-bond acceptors (Lipinski definition) is 6. The lowest BCUT2D eigenvalue weighted by Gasteiger charge is -2.14. The molecule has 0 heterocycles. The van der Waals surface area contributed by atoms with E-state index in [4.69, 9.17) is 24.0 Å². The lowest BCUT2D eigenvalue weighted by atomic mass is 9.96. The molecule has 0 aliphatic rings. The molecule has 0 atom stereocenters. The molecule has 0 aromatic heterocycles. The third-order valence-electron chi connectivity index (χ3n) is 4.11. The minimum atomic E-state index is -4.23. The van der Waals surface area contributed by atoms with Crippen LogP contribution in [0.2, 0.25) is 0 Å². The van der Waals surface area contributed by atoms with Crippen molar-refractivity contribution in [1.29, 1.82) is 0 Å². The number of benzene rings is 2. The zero-order chi connectivity index (χ0) is 22.4. The molecule has 0 radical (unpaired) electrons. The summed E-state index contributed by atoms with van der Waals surface area (Å²) in [6.07, 6.45) is 1.06. The van der Waals surface area contributed by atoms with Crippen LogP contribution in [0, 0.1) is 13.8 Å². The van der Waals surface area contributed by atoms with Crippen molar-refractivity contribution in [3.05, 3.63) is 58.7 Å². The molecule has 0 bridgehead atoms. The summed E-state index contributed by atoms with van der Waals surface area (Å²) in [5.74, 6) is 1.01. The molecule has 0 unspecified atom stereocenters. The van der Waals surface area contributed by atoms with Gasteiger partial charge in [0.25, 0.3) is 0 Å². The van der Waals surface area contributed by atoms with Crippen molar-refractivity contribution >= 4 is 17.6 Å². The molecular formula is C19H26NO8PS. The second-order valence-electron chi connectivity index (χ2n) is 6.82. The first kappa shape index (κ1) is 24.3. The van der Waals surface area contributed by atoms with Gasteiger partial charge in [-0.1, -0.05) is 12.1 Å². The topological polar surface area (TPSA) is 131 Å². The van der Waals surface area contributed by atoms with E-state index in [2.05, 4.69) is 4.72 Å². The highest BCUT2D eigenvalue weighted by molar-refractivity contribution is 7.88. The van der Waals surface area contributed by atoms with Gasteiger partial charge in [-0.3, -0.25) is 4.57 Å². The van der Waals surface area contributed by atoms with E-state index in [1.807, 2.05) is 26.0 Å². The van der Waals surface area contributed by atoms with Crippen LogP contribution < -0.4 is 14.2 Å². The molecule has 2 aromatic rings. The molecule has 166 valence electrons. The van der Waals surface area contributed by atoms with Gasteiger partial charge in [-0.05, 0) is 66.8 Å². The molecule has 11 heteroatoms. The lowest BCUT2D eigenvalue weighted by Crippen LogP contribution is -2.25. The van der Waals surface area contributed by atoms with Crippen molar-refractivity contribution in [1.82, 2.24) is 4.72 Å². The molecule has 0 aliphatic heterocycles. The smallest absolute Gasteiger partial charge is 0.362 e. The molecule has 2 aromatic carbocycles. The Morgan fingerprint density at radius 2 is 1.60 bits per heavy atom. The van der Waals surface area contributed by atoms with Crippen LogP contribution >= 0.6 is 7.60 Å². The van der Waals surface area contributed by atoms with Crippen LogP contribution in [0.1, 0.15) is 22.3 Å². The maximum absolute atomic E-state index is 11.0. The molecule has 0 fully saturated rings. The monoisotopic (exact) mass is 459 g/mol. The average Bonchev–Trinajstić information content (AvgIpc) is 2.62. The van der Waals surface area contributed by atoms with Gasteiger partial charge in [-0.15, -0.1) is 0 Å². The lowest BCUT2D eigenvalue weighted by molar-refractivity contribution is 0.0135. The van der Waals surface area contributed by atoms with E-state index in [1.165, 1.54) is 0 Å². The van der Waals surface area contributed by atoms with E-state index >= 15 is 0 Å². The second kappa shape index (κ2) is 10.4. The van der Waals surface area contributed by atoms with E-state index in [-0.39, 0.29) is 13.5 Å². The third kappa shape index (κ3) is 8.83. The average molecular weight is 459 g/mol. The van der Waals surface area contributed by atoms with Gasteiger partial charge in [0.2, 0.25) is 10.0 Å². The van der Waals surface area contributed by atoms with E-state index in [0.29, 0.717) is 17.9 Å². The maximum atomic E-state index is 11.0. The largest absolute Gasteiger partial charge is 0.481 e. The number of aryl methyl sites for hydroxylation is 2. The first-order valence-electron chi connectivity index (χ1n) is 8.94. The van der Waals surface area contributed by atoms with Gasteiger partial charge in [-0.2, -0.15) is 4.72 Å². The molecule has 0 aliphatic carbocycles. The summed E-state index contributed by atoms with van der Waals surface area (Å²) in [4.78, 5) is 17.9. The van der Waals surface area contributed by atoms with Crippen molar-refractivity contribution < 1.29 is 37.0 Å². The van der Waals surface area contributed by atoms with Crippen molar-refractivity contribution in [3.63, 3.8) is 0 Å². The van der Waals surface area contributed by atoms with Gasteiger partial charge in [0.15, 0.2) is 13.1 Å². The number of rotatable bonds is 11. The molecule has 30 heavy (non-hydrogen) atoms. The van der Waals surface area contributed by atoms with Crippen LogP contribution in [0.4, 0.5) is 0 Å². The Morgan fingerprint density at radius 1 is 1.00 bits per heavy atom. The first-order valence-corrected chi connectivity index (χ1v) is 12.6. The van der Waals surface area contributed by atoms with E-state index in [1.54, 1.807) is 24.3 Å². The number of nitrogens with one attached hydrogen (secondary N) is 1. The zero-order valence-electron chi connectivity index (χ0n) is 17.0. The predicted octanol–water partition coefficient (Wildman–Crippen LogP) is 2.27. The minimum Gasteiger partial charge on any atom is -0.481 e. The van der Waals surface area contributed by atoms with Gasteiger partial charge in [-0.25, -0.2) is 8.42 Å². The fraction of sp³-hybridized carbons (Fsp3) is 0.368. The summed E-state index contributed by atoms with van der Waals surface area (Å²) >= 11 is 0. The fourth-order valence-corrected chi connectivity index (χ4v) is 3.30. The summed E-state index contributed by atoms with van der Waals surface area (Å²) in [7, 11) is -7.52. The van der Waals surface area contributed by atoms with E-state index in [9.17, 15) is 13.0 Å². The Balaban J connectivity index is 1.92.